The third kappa shape index (κ3) is 7.65. The molecule has 8 aromatic rings. The molecule has 3 aliphatic heterocycles. The number of aromatic nitrogens is 2. The van der Waals surface area contributed by atoms with Gasteiger partial charge in [-0.2, -0.15) is 17.4 Å². The summed E-state index contributed by atoms with van der Waals surface area (Å²) in [5, 5.41) is 12.0. The Morgan fingerprint density at radius 2 is 1.27 bits per heavy atom. The number of nitriles is 1. The summed E-state index contributed by atoms with van der Waals surface area (Å²) in [4.78, 5) is 4.86. The molecule has 0 spiro atoms. The van der Waals surface area contributed by atoms with Crippen molar-refractivity contribution < 1.29 is 25.8 Å². The molecule has 1 fully saturated rings. The first kappa shape index (κ1) is 46.3. The van der Waals surface area contributed by atoms with Gasteiger partial charge in [0.1, 0.15) is 11.5 Å². The molecule has 7 heteroatoms. The fourth-order valence-electron chi connectivity index (χ4n) is 10.1. The standard InChI is InChI=1S/C60H60N5O.Pt/c1-57(2,3)41-19-13-17-39(29-41)49-22-16-24-53-56(49)65(46-31-43(59(7,8)9)30-44(32-46)60(10,11)12)37-64(53,38-65)45-20-15-21-47(34-45)66-48-25-26-50-52(35-48)63(51-23-14-18-40(36-61)55(50)51)54-33-42(27-28-62-54)58(4,5)6;/h13-33,37H,38H2,1-12H3;/q-1;/t64-,65+;/m1./s1. The van der Waals surface area contributed by atoms with Crippen LogP contribution >= 0.6 is 0 Å². The fourth-order valence-corrected chi connectivity index (χ4v) is 10.1. The van der Waals surface area contributed by atoms with Crippen molar-refractivity contribution in [3.63, 3.8) is 0 Å². The van der Waals surface area contributed by atoms with Gasteiger partial charge in [-0.05, 0) is 85.2 Å². The molecule has 0 N–H and O–H groups in total. The molecule has 2 bridgehead atoms. The Labute approximate surface area is 411 Å². The Hall–Kier alpha value is -5.83. The van der Waals surface area contributed by atoms with Crippen molar-refractivity contribution in [1.82, 2.24) is 18.5 Å². The molecular weight excluding hydrogens is 1000 g/mol. The maximum Gasteiger partial charge on any atom is 0.187 e. The molecule has 6 nitrogen and oxygen atoms in total. The van der Waals surface area contributed by atoms with Crippen LogP contribution in [-0.2, 0) is 42.7 Å². The van der Waals surface area contributed by atoms with Gasteiger partial charge >= 0.3 is 0 Å². The van der Waals surface area contributed by atoms with E-state index in [2.05, 4.69) is 197 Å². The maximum absolute atomic E-state index is 10.2. The Morgan fingerprint density at radius 3 is 1.94 bits per heavy atom. The fraction of sp³-hybridized carbons (Fsp3) is 0.283. The predicted octanol–water partition coefficient (Wildman–Crippen LogP) is 15.7. The number of benzene rings is 6. The largest absolute Gasteiger partial charge is 0.509 e. The van der Waals surface area contributed by atoms with E-state index in [4.69, 9.17) is 9.72 Å². The molecule has 3 aliphatic rings. The van der Waals surface area contributed by atoms with Gasteiger partial charge in [0.05, 0.1) is 12.7 Å². The second-order valence-electron chi connectivity index (χ2n) is 22.7. The van der Waals surface area contributed by atoms with Gasteiger partial charge in [0.15, 0.2) is 18.0 Å². The van der Waals surface area contributed by atoms with E-state index in [0.29, 0.717) is 26.0 Å². The summed E-state index contributed by atoms with van der Waals surface area (Å²) in [6.45, 7) is 30.7. The molecule has 342 valence electrons. The number of hydrogen-bond donors (Lipinski definition) is 0. The van der Waals surface area contributed by atoms with Crippen LogP contribution in [0.3, 0.4) is 0 Å². The molecule has 0 aliphatic carbocycles. The van der Waals surface area contributed by atoms with Crippen LogP contribution in [0.2, 0.25) is 0 Å². The second-order valence-corrected chi connectivity index (χ2v) is 22.7. The van der Waals surface area contributed by atoms with Gasteiger partial charge < -0.3 is 13.8 Å². The number of hydrogen-bond acceptors (Lipinski definition) is 3. The molecule has 11 rings (SSSR count). The molecule has 0 amide bonds. The smallest absolute Gasteiger partial charge is 0.187 e. The minimum Gasteiger partial charge on any atom is -0.509 e. The summed E-state index contributed by atoms with van der Waals surface area (Å²) in [6, 6.07) is 53.4. The summed E-state index contributed by atoms with van der Waals surface area (Å²) >= 11 is 0. The second kappa shape index (κ2) is 15.9. The summed E-state index contributed by atoms with van der Waals surface area (Å²) in [7, 11) is 0. The van der Waals surface area contributed by atoms with Crippen molar-refractivity contribution in [2.24, 2.45) is 0 Å². The normalized spacial score (nSPS) is 18.0. The van der Waals surface area contributed by atoms with Gasteiger partial charge in [0, 0.05) is 79.3 Å². The summed E-state index contributed by atoms with van der Waals surface area (Å²) in [5.74, 6) is 1.93. The Bertz CT molecular complexity index is 3270. The minimum atomic E-state index is -0.0773. The van der Waals surface area contributed by atoms with Gasteiger partial charge in [-0.3, -0.25) is 4.48 Å². The zero-order chi connectivity index (χ0) is 46.8. The first-order chi connectivity index (χ1) is 31.1. The van der Waals surface area contributed by atoms with Crippen LogP contribution < -0.4 is 13.7 Å². The van der Waals surface area contributed by atoms with E-state index in [1.54, 1.807) is 0 Å². The number of ether oxygens (including phenoxy) is 1. The van der Waals surface area contributed by atoms with Crippen molar-refractivity contribution in [3.05, 3.63) is 174 Å². The summed E-state index contributed by atoms with van der Waals surface area (Å²) in [5.41, 5.74) is 14.7. The Kier molecular flexibility index (Phi) is 11.0. The summed E-state index contributed by atoms with van der Waals surface area (Å²) in [6.07, 6.45) is 1.86. The van der Waals surface area contributed by atoms with Crippen LogP contribution in [0, 0.1) is 30.1 Å². The van der Waals surface area contributed by atoms with E-state index < -0.39 is 0 Å². The van der Waals surface area contributed by atoms with Crippen LogP contribution in [0.5, 0.6) is 11.5 Å². The van der Waals surface area contributed by atoms with E-state index in [1.165, 1.54) is 50.4 Å². The SMILES string of the molecule is CC(C)(C)c1cccc(-c2cccc3c2[N@@+]2(c4cc(C(C)(C)C)cc(C(C)(C)C)c4)[CH-][N@+]3(c3[c-]c(Oc4[c-]c5c(cc4)c4c(C#N)cccc4n5-c4cc(C(C)(C)C)ccn4)ccc3)C2)c1.[Pt]. The molecule has 6 aromatic carbocycles. The average molecular weight is 1060 g/mol. The quantitative estimate of drug-likeness (QED) is 0.123. The van der Waals surface area contributed by atoms with Crippen LogP contribution in [-0.4, -0.2) is 16.2 Å². The zero-order valence-electron chi connectivity index (χ0n) is 40.9. The van der Waals surface area contributed by atoms with Gasteiger partial charge in [0.2, 0.25) is 0 Å². The number of pyridine rings is 1. The van der Waals surface area contributed by atoms with Gasteiger partial charge in [-0.15, -0.1) is 29.7 Å². The predicted molar refractivity (Wildman–Crippen MR) is 273 cm³/mol. The molecule has 2 atom stereocenters. The van der Waals surface area contributed by atoms with E-state index in [0.717, 1.165) is 40.0 Å². The monoisotopic (exact) mass is 1060 g/mol. The van der Waals surface area contributed by atoms with Crippen LogP contribution in [0.15, 0.2) is 128 Å². The molecule has 0 unspecified atom stereocenters. The van der Waals surface area contributed by atoms with E-state index in [1.807, 2.05) is 42.6 Å². The number of fused-ring (bicyclic) bond motifs is 3. The van der Waals surface area contributed by atoms with Gasteiger partial charge in [-0.1, -0.05) is 137 Å². The molecule has 0 saturated carbocycles. The first-order valence-electron chi connectivity index (χ1n) is 23.2. The number of quaternary nitrogens is 2. The van der Waals surface area contributed by atoms with Crippen molar-refractivity contribution >= 4 is 44.6 Å². The number of nitrogens with zero attached hydrogens (tertiary/aromatic N) is 5. The molecular formula is C60H60N5OPt-. The van der Waals surface area contributed by atoms with Gasteiger partial charge in [0.25, 0.3) is 0 Å². The first-order valence-corrected chi connectivity index (χ1v) is 23.2. The third-order valence-corrected chi connectivity index (χ3v) is 13.9. The zero-order valence-corrected chi connectivity index (χ0v) is 43.1. The maximum atomic E-state index is 10.2. The van der Waals surface area contributed by atoms with Crippen molar-refractivity contribution in [2.45, 2.75) is 105 Å². The molecule has 67 heavy (non-hydrogen) atoms. The molecule has 2 aromatic heterocycles. The van der Waals surface area contributed by atoms with E-state index >= 15 is 0 Å². The van der Waals surface area contributed by atoms with Crippen molar-refractivity contribution in [1.29, 1.82) is 5.26 Å². The van der Waals surface area contributed by atoms with Crippen molar-refractivity contribution in [3.8, 4) is 34.5 Å². The molecule has 0 radical (unpaired) electrons. The third-order valence-electron chi connectivity index (χ3n) is 13.9. The van der Waals surface area contributed by atoms with E-state index in [-0.39, 0.29) is 42.7 Å². The van der Waals surface area contributed by atoms with Crippen LogP contribution in [0.4, 0.5) is 22.7 Å². The van der Waals surface area contributed by atoms with Crippen LogP contribution in [0.1, 0.15) is 111 Å². The Balaban J connectivity index is 0.00000562. The van der Waals surface area contributed by atoms with Crippen LogP contribution in [0.25, 0.3) is 38.8 Å². The number of rotatable bonds is 6. The molecule has 5 heterocycles. The topological polar surface area (TPSA) is 50.8 Å². The van der Waals surface area contributed by atoms with E-state index in [9.17, 15) is 5.26 Å². The Morgan fingerprint density at radius 1 is 0.642 bits per heavy atom. The molecule has 1 saturated heterocycles. The minimum absolute atomic E-state index is 0. The van der Waals surface area contributed by atoms with Gasteiger partial charge in [-0.25, -0.2) is 4.98 Å². The summed E-state index contributed by atoms with van der Waals surface area (Å²) < 4.78 is 10.0. The average Bonchev–Trinajstić information content (AvgIpc) is 3.87. The van der Waals surface area contributed by atoms with Crippen molar-refractivity contribution in [2.75, 3.05) is 6.67 Å². The number of para-hydroxylation sites is 1.